The maximum absolute atomic E-state index is 5.88. The molecule has 1 heterocycles. The molecule has 0 atom stereocenters. The number of benzene rings is 2. The summed E-state index contributed by atoms with van der Waals surface area (Å²) in [5.74, 6) is 3.43. The van der Waals surface area contributed by atoms with E-state index in [2.05, 4.69) is 0 Å². The van der Waals surface area contributed by atoms with Crippen molar-refractivity contribution in [1.82, 2.24) is 0 Å². The van der Waals surface area contributed by atoms with E-state index in [0.29, 0.717) is 41.9 Å². The highest BCUT2D eigenvalue weighted by Crippen LogP contribution is 2.35. The van der Waals surface area contributed by atoms with Crippen LogP contribution in [0.3, 0.4) is 0 Å². The van der Waals surface area contributed by atoms with Gasteiger partial charge in [-0.2, -0.15) is 0 Å². The molecule has 0 fully saturated rings. The van der Waals surface area contributed by atoms with Gasteiger partial charge in [-0.05, 0) is 24.3 Å². The zero-order chi connectivity index (χ0) is 15.4. The normalized spacial score (nSPS) is 12.0. The fraction of sp³-hybridized carbons (Fsp3) is 0.250. The molecule has 0 aliphatic carbocycles. The molecular formula is C16H17NO5. The zero-order valence-corrected chi connectivity index (χ0v) is 12.2. The SMILES string of the molecule is COc1ccc(OCCOc2ccc3c(c2)OCO3)c(N)c1. The minimum atomic E-state index is 0.249. The Labute approximate surface area is 128 Å². The molecule has 6 heteroatoms. The molecule has 0 spiro atoms. The summed E-state index contributed by atoms with van der Waals surface area (Å²) in [6.07, 6.45) is 0. The van der Waals surface area contributed by atoms with E-state index < -0.39 is 0 Å². The van der Waals surface area contributed by atoms with Gasteiger partial charge in [0.15, 0.2) is 11.5 Å². The molecule has 6 nitrogen and oxygen atoms in total. The van der Waals surface area contributed by atoms with Crippen molar-refractivity contribution in [2.24, 2.45) is 0 Å². The van der Waals surface area contributed by atoms with Crippen LogP contribution in [0, 0.1) is 0 Å². The summed E-state index contributed by atoms with van der Waals surface area (Å²) in [4.78, 5) is 0. The molecule has 116 valence electrons. The van der Waals surface area contributed by atoms with E-state index in [0.717, 1.165) is 5.75 Å². The number of anilines is 1. The summed E-state index contributed by atoms with van der Waals surface area (Å²) >= 11 is 0. The van der Waals surface area contributed by atoms with Gasteiger partial charge in [-0.1, -0.05) is 0 Å². The van der Waals surface area contributed by atoms with E-state index in [-0.39, 0.29) is 6.79 Å². The topological polar surface area (TPSA) is 72.2 Å². The Kier molecular flexibility index (Phi) is 4.09. The van der Waals surface area contributed by atoms with Gasteiger partial charge in [-0.15, -0.1) is 0 Å². The van der Waals surface area contributed by atoms with Crippen LogP contribution in [0.15, 0.2) is 36.4 Å². The third kappa shape index (κ3) is 3.11. The van der Waals surface area contributed by atoms with Gasteiger partial charge in [0, 0.05) is 12.1 Å². The van der Waals surface area contributed by atoms with Gasteiger partial charge < -0.3 is 29.4 Å². The molecule has 0 radical (unpaired) electrons. The van der Waals surface area contributed by atoms with Crippen LogP contribution < -0.4 is 29.4 Å². The van der Waals surface area contributed by atoms with Gasteiger partial charge in [0.05, 0.1) is 12.8 Å². The van der Waals surface area contributed by atoms with Crippen molar-refractivity contribution in [1.29, 1.82) is 0 Å². The zero-order valence-electron chi connectivity index (χ0n) is 12.2. The van der Waals surface area contributed by atoms with Gasteiger partial charge in [0.2, 0.25) is 6.79 Å². The number of nitrogen functional groups attached to an aromatic ring is 1. The highest BCUT2D eigenvalue weighted by Gasteiger charge is 2.13. The number of methoxy groups -OCH3 is 1. The third-order valence-electron chi connectivity index (χ3n) is 3.17. The predicted octanol–water partition coefficient (Wildman–Crippen LogP) is 2.46. The van der Waals surface area contributed by atoms with Crippen LogP contribution in [0.1, 0.15) is 0 Å². The molecule has 2 aromatic carbocycles. The summed E-state index contributed by atoms with van der Waals surface area (Å²) in [5.41, 5.74) is 6.41. The highest BCUT2D eigenvalue weighted by molar-refractivity contribution is 5.56. The lowest BCUT2D eigenvalue weighted by atomic mass is 10.3. The monoisotopic (exact) mass is 303 g/mol. The first-order valence-electron chi connectivity index (χ1n) is 6.85. The van der Waals surface area contributed by atoms with Crippen molar-refractivity contribution in [3.8, 4) is 28.7 Å². The predicted molar refractivity (Wildman–Crippen MR) is 81.0 cm³/mol. The van der Waals surface area contributed by atoms with Crippen LogP contribution in [0.2, 0.25) is 0 Å². The summed E-state index contributed by atoms with van der Waals surface area (Å²) < 4.78 is 26.8. The molecule has 2 aromatic rings. The molecule has 1 aliphatic heterocycles. The Balaban J connectivity index is 1.49. The van der Waals surface area contributed by atoms with Crippen LogP contribution in [-0.2, 0) is 0 Å². The summed E-state index contributed by atoms with van der Waals surface area (Å²) in [6, 6.07) is 10.7. The summed E-state index contributed by atoms with van der Waals surface area (Å²) in [7, 11) is 1.59. The lowest BCUT2D eigenvalue weighted by Gasteiger charge is -2.11. The minimum absolute atomic E-state index is 0.249. The molecule has 0 unspecified atom stereocenters. The molecule has 0 bridgehead atoms. The van der Waals surface area contributed by atoms with E-state index in [1.54, 1.807) is 31.4 Å². The van der Waals surface area contributed by atoms with Gasteiger partial charge >= 0.3 is 0 Å². The first-order chi connectivity index (χ1) is 10.8. The number of hydrogen-bond acceptors (Lipinski definition) is 6. The highest BCUT2D eigenvalue weighted by atomic mass is 16.7. The number of fused-ring (bicyclic) bond motifs is 1. The molecule has 3 rings (SSSR count). The molecule has 1 aliphatic rings. The van der Waals surface area contributed by atoms with E-state index in [9.17, 15) is 0 Å². The van der Waals surface area contributed by atoms with Crippen molar-refractivity contribution in [2.45, 2.75) is 0 Å². The second-order valence-electron chi connectivity index (χ2n) is 4.62. The van der Waals surface area contributed by atoms with Gasteiger partial charge in [-0.25, -0.2) is 0 Å². The minimum Gasteiger partial charge on any atom is -0.497 e. The quantitative estimate of drug-likeness (QED) is 0.653. The number of ether oxygens (including phenoxy) is 5. The smallest absolute Gasteiger partial charge is 0.231 e. The van der Waals surface area contributed by atoms with Crippen molar-refractivity contribution in [2.75, 3.05) is 32.9 Å². The Bertz CT molecular complexity index is 659. The average molecular weight is 303 g/mol. The molecule has 22 heavy (non-hydrogen) atoms. The maximum Gasteiger partial charge on any atom is 0.231 e. The second kappa shape index (κ2) is 6.34. The van der Waals surface area contributed by atoms with Crippen molar-refractivity contribution in [3.63, 3.8) is 0 Å². The first kappa shape index (κ1) is 14.2. The fourth-order valence-corrected chi connectivity index (χ4v) is 2.06. The molecule has 2 N–H and O–H groups in total. The molecule has 0 amide bonds. The Morgan fingerprint density at radius 1 is 0.955 bits per heavy atom. The van der Waals surface area contributed by atoms with Crippen LogP contribution in [0.5, 0.6) is 28.7 Å². The standard InChI is InChI=1S/C16H17NO5/c1-18-11-2-4-14(13(17)8-11)20-7-6-19-12-3-5-15-16(9-12)22-10-21-15/h2-5,8-9H,6-7,10,17H2,1H3. The lowest BCUT2D eigenvalue weighted by Crippen LogP contribution is -2.10. The lowest BCUT2D eigenvalue weighted by molar-refractivity contribution is 0.173. The first-order valence-corrected chi connectivity index (χ1v) is 6.85. The van der Waals surface area contributed by atoms with E-state index in [4.69, 9.17) is 29.4 Å². The summed E-state index contributed by atoms with van der Waals surface area (Å²) in [5, 5.41) is 0. The fourth-order valence-electron chi connectivity index (χ4n) is 2.06. The molecule has 0 saturated carbocycles. The van der Waals surface area contributed by atoms with Crippen molar-refractivity contribution >= 4 is 5.69 Å². The number of hydrogen-bond donors (Lipinski definition) is 1. The Morgan fingerprint density at radius 2 is 1.73 bits per heavy atom. The van der Waals surface area contributed by atoms with E-state index in [1.165, 1.54) is 0 Å². The van der Waals surface area contributed by atoms with Crippen LogP contribution in [-0.4, -0.2) is 27.1 Å². The maximum atomic E-state index is 5.88. The van der Waals surface area contributed by atoms with E-state index in [1.807, 2.05) is 12.1 Å². The number of rotatable bonds is 6. The average Bonchev–Trinajstić information content (AvgIpc) is 3.00. The van der Waals surface area contributed by atoms with Gasteiger partial charge in [-0.3, -0.25) is 0 Å². The third-order valence-corrected chi connectivity index (χ3v) is 3.17. The second-order valence-corrected chi connectivity index (χ2v) is 4.62. The van der Waals surface area contributed by atoms with Gasteiger partial charge in [0.25, 0.3) is 0 Å². The molecule has 0 aromatic heterocycles. The molecule has 0 saturated heterocycles. The summed E-state index contributed by atoms with van der Waals surface area (Å²) in [6.45, 7) is 1.02. The van der Waals surface area contributed by atoms with E-state index >= 15 is 0 Å². The van der Waals surface area contributed by atoms with Crippen molar-refractivity contribution in [3.05, 3.63) is 36.4 Å². The number of nitrogens with two attached hydrogens (primary N) is 1. The Hall–Kier alpha value is -2.76. The molecular weight excluding hydrogens is 286 g/mol. The Morgan fingerprint density at radius 3 is 2.55 bits per heavy atom. The van der Waals surface area contributed by atoms with Gasteiger partial charge in [0.1, 0.15) is 30.5 Å². The largest absolute Gasteiger partial charge is 0.497 e. The van der Waals surface area contributed by atoms with Crippen LogP contribution >= 0.6 is 0 Å². The van der Waals surface area contributed by atoms with Crippen LogP contribution in [0.25, 0.3) is 0 Å². The van der Waals surface area contributed by atoms with Crippen molar-refractivity contribution < 1.29 is 23.7 Å². The van der Waals surface area contributed by atoms with Crippen LogP contribution in [0.4, 0.5) is 5.69 Å².